The fourth-order valence-corrected chi connectivity index (χ4v) is 2.50. The number of methoxy groups -OCH3 is 1. The molecule has 0 amide bonds. The van der Waals surface area contributed by atoms with Crippen molar-refractivity contribution in [3.8, 4) is 5.75 Å². The van der Waals surface area contributed by atoms with Gasteiger partial charge >= 0.3 is 5.97 Å². The number of hydrogen-bond donors (Lipinski definition) is 0. The number of para-hydroxylation sites is 1. The summed E-state index contributed by atoms with van der Waals surface area (Å²) in [5, 5.41) is 1.91. The second kappa shape index (κ2) is 5.30. The van der Waals surface area contributed by atoms with E-state index in [2.05, 4.69) is 4.99 Å². The maximum atomic E-state index is 11.8. The van der Waals surface area contributed by atoms with Crippen LogP contribution < -0.4 is 4.74 Å². The van der Waals surface area contributed by atoms with Crippen molar-refractivity contribution >= 4 is 29.3 Å². The Morgan fingerprint density at radius 2 is 2.10 bits per heavy atom. The number of nitrogens with zero attached hydrogens (tertiary/aromatic N) is 1. The molecule has 1 aromatic carbocycles. The first-order valence-corrected chi connectivity index (χ1v) is 6.85. The molecule has 20 heavy (non-hydrogen) atoms. The second-order valence-corrected chi connectivity index (χ2v) is 5.00. The van der Waals surface area contributed by atoms with Gasteiger partial charge in [0.25, 0.3) is 0 Å². The first kappa shape index (κ1) is 12.6. The molecule has 5 heteroatoms. The molecule has 0 radical (unpaired) electrons. The topological polar surface area (TPSA) is 47.9 Å². The summed E-state index contributed by atoms with van der Waals surface area (Å²) < 4.78 is 10.4. The molecule has 1 aliphatic rings. The van der Waals surface area contributed by atoms with Crippen LogP contribution in [0.3, 0.4) is 0 Å². The average Bonchev–Trinajstić information content (AvgIpc) is 3.10. The molecule has 0 fully saturated rings. The molecule has 0 N–H and O–H groups in total. The zero-order chi connectivity index (χ0) is 13.9. The molecule has 0 saturated heterocycles. The van der Waals surface area contributed by atoms with Crippen LogP contribution in [0.15, 0.2) is 52.5 Å². The zero-order valence-corrected chi connectivity index (χ0v) is 11.5. The van der Waals surface area contributed by atoms with Crippen LogP contribution in [0.2, 0.25) is 0 Å². The highest BCUT2D eigenvalue weighted by Crippen LogP contribution is 2.25. The lowest BCUT2D eigenvalue weighted by Crippen LogP contribution is -2.03. The Labute approximate surface area is 120 Å². The minimum absolute atomic E-state index is 0.276. The second-order valence-electron chi connectivity index (χ2n) is 4.06. The standard InChI is InChI=1S/C15H11NO3S/c1-18-12-6-3-2-5-10(12)9-11-15(17)19-14(16-11)13-7-4-8-20-13/h2-9H,1H3/b11-9-. The number of carbonyl (C=O) groups excluding carboxylic acids is 1. The summed E-state index contributed by atoms with van der Waals surface area (Å²) in [6, 6.07) is 11.2. The SMILES string of the molecule is COc1ccccc1/C=C1\N=C(c2cccs2)OC1=O. The summed E-state index contributed by atoms with van der Waals surface area (Å²) in [5.41, 5.74) is 1.07. The molecule has 0 saturated carbocycles. The van der Waals surface area contributed by atoms with Gasteiger partial charge < -0.3 is 9.47 Å². The van der Waals surface area contributed by atoms with Crippen molar-refractivity contribution < 1.29 is 14.3 Å². The minimum Gasteiger partial charge on any atom is -0.496 e. The van der Waals surface area contributed by atoms with Crippen molar-refractivity contribution in [1.82, 2.24) is 0 Å². The summed E-state index contributed by atoms with van der Waals surface area (Å²) in [4.78, 5) is 16.9. The third-order valence-corrected chi connectivity index (χ3v) is 3.64. The Kier molecular flexibility index (Phi) is 3.35. The fraction of sp³-hybridized carbons (Fsp3) is 0.0667. The van der Waals surface area contributed by atoms with Crippen LogP contribution >= 0.6 is 11.3 Å². The number of aliphatic imine (C=N–C) groups is 1. The summed E-state index contributed by atoms with van der Waals surface area (Å²) >= 11 is 1.48. The molecule has 0 unspecified atom stereocenters. The number of hydrogen-bond acceptors (Lipinski definition) is 5. The quantitative estimate of drug-likeness (QED) is 0.643. The van der Waals surface area contributed by atoms with Crippen molar-refractivity contribution in [1.29, 1.82) is 0 Å². The largest absolute Gasteiger partial charge is 0.496 e. The Hall–Kier alpha value is -2.40. The minimum atomic E-state index is -0.445. The number of esters is 1. The first-order chi connectivity index (χ1) is 9.78. The van der Waals surface area contributed by atoms with Gasteiger partial charge in [-0.15, -0.1) is 11.3 Å². The van der Waals surface area contributed by atoms with E-state index in [1.54, 1.807) is 13.2 Å². The highest BCUT2D eigenvalue weighted by Gasteiger charge is 2.24. The number of ether oxygens (including phenoxy) is 2. The van der Waals surface area contributed by atoms with Crippen molar-refractivity contribution in [3.05, 3.63) is 57.9 Å². The monoisotopic (exact) mass is 285 g/mol. The Morgan fingerprint density at radius 1 is 1.25 bits per heavy atom. The highest BCUT2D eigenvalue weighted by molar-refractivity contribution is 7.12. The average molecular weight is 285 g/mol. The third kappa shape index (κ3) is 2.35. The van der Waals surface area contributed by atoms with E-state index in [4.69, 9.17) is 9.47 Å². The van der Waals surface area contributed by atoms with E-state index in [-0.39, 0.29) is 5.70 Å². The van der Waals surface area contributed by atoms with E-state index in [1.807, 2.05) is 41.8 Å². The van der Waals surface area contributed by atoms with Crippen LogP contribution in [0, 0.1) is 0 Å². The molecule has 2 heterocycles. The van der Waals surface area contributed by atoms with Gasteiger partial charge in [-0.05, 0) is 23.6 Å². The summed E-state index contributed by atoms with van der Waals surface area (Å²) in [6.45, 7) is 0. The molecule has 1 aliphatic heterocycles. The summed E-state index contributed by atoms with van der Waals surface area (Å²) in [5.74, 6) is 0.595. The molecule has 3 rings (SSSR count). The maximum Gasteiger partial charge on any atom is 0.363 e. The lowest BCUT2D eigenvalue weighted by Gasteiger charge is -2.03. The molecule has 0 aliphatic carbocycles. The van der Waals surface area contributed by atoms with Crippen LogP contribution in [0.1, 0.15) is 10.4 Å². The number of cyclic esters (lactones) is 1. The van der Waals surface area contributed by atoms with Gasteiger partial charge in [0.1, 0.15) is 5.75 Å². The lowest BCUT2D eigenvalue weighted by molar-refractivity contribution is -0.129. The lowest BCUT2D eigenvalue weighted by atomic mass is 10.1. The molecular weight excluding hydrogens is 274 g/mol. The van der Waals surface area contributed by atoms with Crippen molar-refractivity contribution in [2.24, 2.45) is 4.99 Å². The number of rotatable bonds is 3. The predicted octanol–water partition coefficient (Wildman–Crippen LogP) is 3.10. The van der Waals surface area contributed by atoms with Gasteiger partial charge in [0.15, 0.2) is 5.70 Å². The number of benzene rings is 1. The van der Waals surface area contributed by atoms with Crippen LogP contribution in [0.4, 0.5) is 0 Å². The summed E-state index contributed by atoms with van der Waals surface area (Å²) in [6.07, 6.45) is 1.67. The Balaban J connectivity index is 1.97. The van der Waals surface area contributed by atoms with Crippen molar-refractivity contribution in [2.75, 3.05) is 7.11 Å². The molecule has 1 aromatic heterocycles. The normalized spacial score (nSPS) is 16.1. The van der Waals surface area contributed by atoms with Crippen molar-refractivity contribution in [3.63, 3.8) is 0 Å². The van der Waals surface area contributed by atoms with Crippen LogP contribution in [0.5, 0.6) is 5.75 Å². The Bertz CT molecular complexity index is 702. The summed E-state index contributed by atoms with van der Waals surface area (Å²) in [7, 11) is 1.59. The van der Waals surface area contributed by atoms with Gasteiger partial charge in [-0.25, -0.2) is 9.79 Å². The first-order valence-electron chi connectivity index (χ1n) is 5.97. The van der Waals surface area contributed by atoms with Gasteiger partial charge in [-0.1, -0.05) is 24.3 Å². The maximum absolute atomic E-state index is 11.8. The van der Waals surface area contributed by atoms with E-state index < -0.39 is 5.97 Å². The zero-order valence-electron chi connectivity index (χ0n) is 10.7. The molecule has 100 valence electrons. The van der Waals surface area contributed by atoms with E-state index in [0.29, 0.717) is 11.6 Å². The van der Waals surface area contributed by atoms with E-state index in [9.17, 15) is 4.79 Å². The van der Waals surface area contributed by atoms with E-state index >= 15 is 0 Å². The van der Waals surface area contributed by atoms with Gasteiger partial charge in [0, 0.05) is 5.56 Å². The molecule has 4 nitrogen and oxygen atoms in total. The third-order valence-electron chi connectivity index (χ3n) is 2.78. The van der Waals surface area contributed by atoms with Crippen LogP contribution in [-0.4, -0.2) is 19.0 Å². The van der Waals surface area contributed by atoms with Crippen molar-refractivity contribution in [2.45, 2.75) is 0 Å². The molecule has 0 spiro atoms. The van der Waals surface area contributed by atoms with Crippen LogP contribution in [-0.2, 0) is 9.53 Å². The molecule has 2 aromatic rings. The number of thiophene rings is 1. The number of carbonyl (C=O) groups is 1. The molecular formula is C15H11NO3S. The highest BCUT2D eigenvalue weighted by atomic mass is 32.1. The fourth-order valence-electron chi connectivity index (χ4n) is 1.85. The van der Waals surface area contributed by atoms with Crippen LogP contribution in [0.25, 0.3) is 6.08 Å². The van der Waals surface area contributed by atoms with E-state index in [0.717, 1.165) is 10.4 Å². The Morgan fingerprint density at radius 3 is 2.85 bits per heavy atom. The molecule has 0 bridgehead atoms. The van der Waals surface area contributed by atoms with Gasteiger partial charge in [-0.2, -0.15) is 0 Å². The van der Waals surface area contributed by atoms with E-state index in [1.165, 1.54) is 11.3 Å². The predicted molar refractivity (Wildman–Crippen MR) is 77.9 cm³/mol. The smallest absolute Gasteiger partial charge is 0.363 e. The van der Waals surface area contributed by atoms with Gasteiger partial charge in [-0.3, -0.25) is 0 Å². The van der Waals surface area contributed by atoms with Gasteiger partial charge in [0.2, 0.25) is 5.90 Å². The molecule has 0 atom stereocenters. The van der Waals surface area contributed by atoms with Gasteiger partial charge in [0.05, 0.1) is 12.0 Å².